The molecule has 2 aliphatic carbocycles. The van der Waals surface area contributed by atoms with Crippen molar-refractivity contribution in [3.05, 3.63) is 71.5 Å². The van der Waals surface area contributed by atoms with Gasteiger partial charge in [-0.05, 0) is 97.9 Å². The number of aromatic hydroxyl groups is 1. The Morgan fingerprint density at radius 1 is 1.05 bits per heavy atom. The molecule has 1 N–H and O–H groups in total. The second-order valence-electron chi connectivity index (χ2n) is 12.9. The van der Waals surface area contributed by atoms with Crippen molar-refractivity contribution in [3.8, 4) is 34.1 Å². The number of piperidine rings is 1. The number of nitrogens with zero attached hydrogens (tertiary/aromatic N) is 2. The number of carbonyl (C=O) groups excluding carboxylic acids is 1. The molecule has 43 heavy (non-hydrogen) atoms. The molecule has 8 rings (SSSR count). The fourth-order valence-corrected chi connectivity index (χ4v) is 7.64. The predicted molar refractivity (Wildman–Crippen MR) is 165 cm³/mol. The van der Waals surface area contributed by atoms with Gasteiger partial charge in [0, 0.05) is 41.2 Å². The van der Waals surface area contributed by atoms with Crippen molar-refractivity contribution >= 4 is 27.8 Å². The van der Waals surface area contributed by atoms with E-state index in [0.717, 1.165) is 58.4 Å². The molecule has 3 aliphatic rings. The summed E-state index contributed by atoms with van der Waals surface area (Å²) in [6.07, 6.45) is 4.67. The Bertz CT molecular complexity index is 1930. The number of furan rings is 1. The molecule has 7 heteroatoms. The first kappa shape index (κ1) is 26.4. The molecule has 2 unspecified atom stereocenters. The maximum atomic E-state index is 14.2. The molecular formula is C36H35FN2O4. The highest BCUT2D eigenvalue weighted by Crippen LogP contribution is 2.45. The first-order valence-corrected chi connectivity index (χ1v) is 15.4. The molecule has 0 spiro atoms. The number of phenolic OH excluding ortho intramolecular Hbond substituents is 1. The van der Waals surface area contributed by atoms with Gasteiger partial charge in [-0.25, -0.2) is 4.39 Å². The van der Waals surface area contributed by atoms with Gasteiger partial charge in [0.05, 0.1) is 18.2 Å². The lowest BCUT2D eigenvalue weighted by Gasteiger charge is -2.27. The van der Waals surface area contributed by atoms with E-state index in [0.29, 0.717) is 46.3 Å². The Balaban J connectivity index is 1.24. The molecule has 2 aromatic heterocycles. The van der Waals surface area contributed by atoms with E-state index in [1.165, 1.54) is 31.4 Å². The zero-order valence-electron chi connectivity index (χ0n) is 24.7. The third-order valence-electron chi connectivity index (χ3n) is 10.3. The van der Waals surface area contributed by atoms with Crippen LogP contribution >= 0.6 is 0 Å². The molecule has 1 aliphatic heterocycles. The van der Waals surface area contributed by atoms with E-state index < -0.39 is 5.82 Å². The average Bonchev–Trinajstić information content (AvgIpc) is 3.42. The number of likely N-dealkylation sites (tertiary alicyclic amines) is 1. The van der Waals surface area contributed by atoms with Crippen molar-refractivity contribution in [1.82, 2.24) is 9.47 Å². The number of rotatable bonds is 6. The van der Waals surface area contributed by atoms with Gasteiger partial charge in [0.25, 0.3) is 5.91 Å². The number of methoxy groups -OCH3 is 1. The van der Waals surface area contributed by atoms with E-state index in [2.05, 4.69) is 41.5 Å². The van der Waals surface area contributed by atoms with Crippen molar-refractivity contribution in [2.45, 2.75) is 52.1 Å². The van der Waals surface area contributed by atoms with Crippen LogP contribution in [0.25, 0.3) is 44.5 Å². The lowest BCUT2D eigenvalue weighted by Crippen LogP contribution is -2.38. The van der Waals surface area contributed by atoms with Gasteiger partial charge in [-0.15, -0.1) is 0 Å². The molecule has 1 saturated heterocycles. The molecule has 6 nitrogen and oxygen atoms in total. The first-order chi connectivity index (χ1) is 20.8. The van der Waals surface area contributed by atoms with Crippen molar-refractivity contribution in [2.75, 3.05) is 13.7 Å². The number of aryl methyl sites for hydroxylation is 1. The summed E-state index contributed by atoms with van der Waals surface area (Å²) >= 11 is 0. The lowest BCUT2D eigenvalue weighted by molar-refractivity contribution is 0.0695. The SMILES string of the molecule is COc1cc(C(=O)N2CC3CCC2[C@@H]3C)cc2oc(-c3cc4ccc(-c5ccc(O)c(F)c5)cc4n3CC3CC3)c(C)c12. The molecule has 220 valence electrons. The molecule has 3 fully saturated rings. The molecule has 2 saturated carbocycles. The van der Waals surface area contributed by atoms with Gasteiger partial charge in [-0.1, -0.05) is 25.1 Å². The standard InChI is InChI=1S/C36H35FN2O4/c1-19-25-8-10-28(19)39(18-25)36(41)26-15-32(42-3)34-20(2)35(43-33(34)16-26)30-14-24-7-6-23(22-9-11-31(40)27(37)12-22)13-29(24)38(30)17-21-4-5-21/h6-7,9,11-16,19,21,25,28,40H,4-5,8,10,17-18H2,1-3H3/t19-,25?,28?/m1/s1. The Morgan fingerprint density at radius 2 is 1.84 bits per heavy atom. The number of phenols is 1. The summed E-state index contributed by atoms with van der Waals surface area (Å²) < 4.78 is 29.0. The van der Waals surface area contributed by atoms with E-state index in [1.807, 2.05) is 18.2 Å². The topological polar surface area (TPSA) is 67.8 Å². The van der Waals surface area contributed by atoms with Gasteiger partial charge in [0.1, 0.15) is 11.3 Å². The van der Waals surface area contributed by atoms with E-state index in [1.54, 1.807) is 13.2 Å². The fourth-order valence-electron chi connectivity index (χ4n) is 7.64. The van der Waals surface area contributed by atoms with E-state index in [4.69, 9.17) is 9.15 Å². The Morgan fingerprint density at radius 3 is 2.53 bits per heavy atom. The van der Waals surface area contributed by atoms with E-state index >= 15 is 0 Å². The zero-order chi connectivity index (χ0) is 29.6. The minimum Gasteiger partial charge on any atom is -0.505 e. The summed E-state index contributed by atoms with van der Waals surface area (Å²) in [5, 5.41) is 11.6. The molecule has 0 radical (unpaired) electrons. The fraction of sp³-hybridized carbons (Fsp3) is 0.361. The number of hydrogen-bond acceptors (Lipinski definition) is 4. The minimum absolute atomic E-state index is 0.0518. The number of benzene rings is 3. The van der Waals surface area contributed by atoms with Crippen LogP contribution in [0, 0.1) is 30.5 Å². The highest BCUT2D eigenvalue weighted by atomic mass is 19.1. The number of aromatic nitrogens is 1. The van der Waals surface area contributed by atoms with Gasteiger partial charge in [-0.2, -0.15) is 0 Å². The van der Waals surface area contributed by atoms with Crippen LogP contribution in [0.2, 0.25) is 0 Å². The van der Waals surface area contributed by atoms with Gasteiger partial charge in [-0.3, -0.25) is 4.79 Å². The Labute approximate surface area is 249 Å². The second kappa shape index (κ2) is 9.63. The number of ether oxygens (including phenoxy) is 1. The largest absolute Gasteiger partial charge is 0.505 e. The maximum absolute atomic E-state index is 14.2. The van der Waals surface area contributed by atoms with Crippen molar-refractivity contribution in [3.63, 3.8) is 0 Å². The normalized spacial score (nSPS) is 21.4. The van der Waals surface area contributed by atoms with Crippen molar-refractivity contribution in [1.29, 1.82) is 0 Å². The molecule has 5 aromatic rings. The van der Waals surface area contributed by atoms with Gasteiger partial charge in [0.15, 0.2) is 17.3 Å². The van der Waals surface area contributed by atoms with Gasteiger partial charge in [0.2, 0.25) is 0 Å². The molecule has 3 aromatic carbocycles. The summed E-state index contributed by atoms with van der Waals surface area (Å²) in [7, 11) is 1.65. The summed E-state index contributed by atoms with van der Waals surface area (Å²) in [5.41, 5.74) is 5.84. The molecule has 2 bridgehead atoms. The summed E-state index contributed by atoms with van der Waals surface area (Å²) in [6.45, 7) is 6.01. The number of halogens is 1. The summed E-state index contributed by atoms with van der Waals surface area (Å²) in [6, 6.07) is 16.9. The number of carbonyl (C=O) groups is 1. The first-order valence-electron chi connectivity index (χ1n) is 15.4. The number of amides is 1. The lowest BCUT2D eigenvalue weighted by atomic mass is 10.0. The molecule has 3 atom stereocenters. The third-order valence-corrected chi connectivity index (χ3v) is 10.3. The van der Waals surface area contributed by atoms with Crippen molar-refractivity contribution < 1.29 is 23.4 Å². The van der Waals surface area contributed by atoms with Gasteiger partial charge >= 0.3 is 0 Å². The van der Waals surface area contributed by atoms with Crippen LogP contribution < -0.4 is 4.74 Å². The monoisotopic (exact) mass is 578 g/mol. The highest BCUT2D eigenvalue weighted by molar-refractivity contribution is 6.02. The smallest absolute Gasteiger partial charge is 0.254 e. The Kier molecular flexibility index (Phi) is 5.91. The average molecular weight is 579 g/mol. The van der Waals surface area contributed by atoms with Crippen LogP contribution in [-0.4, -0.2) is 40.2 Å². The summed E-state index contributed by atoms with van der Waals surface area (Å²) in [5.74, 6) is 2.22. The molecular weight excluding hydrogens is 543 g/mol. The van der Waals surface area contributed by atoms with Gasteiger partial charge < -0.3 is 23.7 Å². The van der Waals surface area contributed by atoms with Crippen LogP contribution in [0.5, 0.6) is 11.5 Å². The van der Waals surface area contributed by atoms with Crippen molar-refractivity contribution in [2.24, 2.45) is 17.8 Å². The summed E-state index contributed by atoms with van der Waals surface area (Å²) in [4.78, 5) is 15.8. The van der Waals surface area contributed by atoms with Crippen LogP contribution in [0.1, 0.15) is 48.5 Å². The number of hydrogen-bond donors (Lipinski definition) is 1. The molecule has 1 amide bonds. The van der Waals surface area contributed by atoms with Crippen LogP contribution in [-0.2, 0) is 6.54 Å². The maximum Gasteiger partial charge on any atom is 0.254 e. The van der Waals surface area contributed by atoms with E-state index in [-0.39, 0.29) is 11.7 Å². The van der Waals surface area contributed by atoms with E-state index in [9.17, 15) is 14.3 Å². The number of fused-ring (bicyclic) bond motifs is 4. The van der Waals surface area contributed by atoms with Crippen LogP contribution in [0.4, 0.5) is 4.39 Å². The quantitative estimate of drug-likeness (QED) is 0.221. The zero-order valence-corrected chi connectivity index (χ0v) is 24.7. The third kappa shape index (κ3) is 4.15. The van der Waals surface area contributed by atoms with Crippen LogP contribution in [0.3, 0.4) is 0 Å². The van der Waals surface area contributed by atoms with Crippen LogP contribution in [0.15, 0.2) is 59.0 Å². The highest BCUT2D eigenvalue weighted by Gasteiger charge is 2.46. The minimum atomic E-state index is -0.636. The predicted octanol–water partition coefficient (Wildman–Crippen LogP) is 8.16. The Hall–Kier alpha value is -4.26. The second-order valence-corrected chi connectivity index (χ2v) is 12.9. The molecule has 3 heterocycles.